The van der Waals surface area contributed by atoms with Gasteiger partial charge >= 0.3 is 11.9 Å². The van der Waals surface area contributed by atoms with E-state index in [1.807, 2.05) is 70.2 Å². The Morgan fingerprint density at radius 3 is 2.58 bits per heavy atom. The molecule has 1 aromatic heterocycles. The van der Waals surface area contributed by atoms with Crippen LogP contribution in [0.25, 0.3) is 6.08 Å². The molecule has 0 bridgehead atoms. The largest absolute Gasteiger partial charge is 0.493 e. The predicted molar refractivity (Wildman–Crippen MR) is 188 cm³/mol. The van der Waals surface area contributed by atoms with E-state index in [1.165, 1.54) is 7.11 Å². The molecule has 11 heteroatoms. The number of ether oxygens (including phenoxy) is 7. The van der Waals surface area contributed by atoms with Crippen LogP contribution in [0, 0.1) is 5.92 Å². The number of carbonyl (C=O) groups is 2. The summed E-state index contributed by atoms with van der Waals surface area (Å²) in [7, 11) is 1.51. The zero-order valence-electron chi connectivity index (χ0n) is 29.2. The van der Waals surface area contributed by atoms with Gasteiger partial charge in [0.2, 0.25) is 0 Å². The third-order valence-corrected chi connectivity index (χ3v) is 8.30. The molecule has 0 amide bonds. The lowest BCUT2D eigenvalue weighted by Crippen LogP contribution is -2.37. The summed E-state index contributed by atoms with van der Waals surface area (Å²) in [5.41, 5.74) is 1.22. The lowest BCUT2D eigenvalue weighted by Gasteiger charge is -2.25. The van der Waals surface area contributed by atoms with Crippen LogP contribution in [-0.4, -0.2) is 74.2 Å². The maximum absolute atomic E-state index is 13.8. The predicted octanol–water partition coefficient (Wildman–Crippen LogP) is 6.85. The number of rotatable bonds is 11. The third-order valence-electron chi connectivity index (χ3n) is 8.30. The second kappa shape index (κ2) is 17.3. The smallest absolute Gasteiger partial charge is 0.342 e. The number of esters is 2. The molecule has 50 heavy (non-hydrogen) atoms. The van der Waals surface area contributed by atoms with Gasteiger partial charge in [0.05, 0.1) is 18.3 Å². The Morgan fingerprint density at radius 2 is 1.82 bits per heavy atom. The monoisotopic (exact) mass is 686 g/mol. The van der Waals surface area contributed by atoms with Crippen LogP contribution < -0.4 is 14.8 Å². The molecular weight excluding hydrogens is 640 g/mol. The maximum Gasteiger partial charge on any atom is 0.342 e. The van der Waals surface area contributed by atoms with E-state index in [2.05, 4.69) is 10.3 Å². The van der Waals surface area contributed by atoms with Crippen molar-refractivity contribution in [3.63, 3.8) is 0 Å². The van der Waals surface area contributed by atoms with Crippen LogP contribution in [0.2, 0.25) is 0 Å². The van der Waals surface area contributed by atoms with Crippen LogP contribution in [0.5, 0.6) is 11.5 Å². The number of pyridine rings is 1. The normalized spacial score (nSPS) is 24.4. The Hall–Kier alpha value is -4.71. The maximum atomic E-state index is 13.8. The standard InChI is InChI=1S/C39H46N2O9/c1-26-18-19-31(48-37(42)28-13-7-6-8-14-28)36-32(49-39(3,4)50-36)16-11-15-29-23-30(45-22-12-21-41-34-17-9-10-20-40-34)24-33(46-25-44-5)35(29)38(43)47-27(26)2/h6-11,13-15,17-20,23-24,26-27,31-32,36H,12,16,21-22,25H2,1-5H3,(H,40,41)/b15-11+,19-18-/t26-,27+,31?,32?,36?/m1/s1. The highest BCUT2D eigenvalue weighted by Crippen LogP contribution is 2.36. The Kier molecular flexibility index (Phi) is 12.6. The molecule has 1 N–H and O–H groups in total. The highest BCUT2D eigenvalue weighted by atomic mass is 16.8. The molecule has 11 nitrogen and oxygen atoms in total. The Bertz CT molecular complexity index is 1630. The zero-order chi connectivity index (χ0) is 35.5. The van der Waals surface area contributed by atoms with Gasteiger partial charge < -0.3 is 38.5 Å². The van der Waals surface area contributed by atoms with Gasteiger partial charge in [0.15, 0.2) is 12.6 Å². The van der Waals surface area contributed by atoms with Crippen molar-refractivity contribution in [2.45, 2.75) is 70.7 Å². The molecule has 0 saturated carbocycles. The summed E-state index contributed by atoms with van der Waals surface area (Å²) < 4.78 is 41.9. The van der Waals surface area contributed by atoms with Gasteiger partial charge in [0, 0.05) is 31.8 Å². The highest BCUT2D eigenvalue weighted by molar-refractivity contribution is 5.97. The summed E-state index contributed by atoms with van der Waals surface area (Å²) in [5.74, 6) is -0.630. The first-order valence-corrected chi connectivity index (χ1v) is 16.9. The van der Waals surface area contributed by atoms with Gasteiger partial charge in [-0.2, -0.15) is 0 Å². The van der Waals surface area contributed by atoms with Crippen molar-refractivity contribution in [2.75, 3.05) is 32.4 Å². The van der Waals surface area contributed by atoms with Crippen LogP contribution in [-0.2, 0) is 23.7 Å². The van der Waals surface area contributed by atoms with Gasteiger partial charge in [-0.25, -0.2) is 14.6 Å². The average molecular weight is 687 g/mol. The minimum Gasteiger partial charge on any atom is -0.493 e. The van der Waals surface area contributed by atoms with E-state index in [0.717, 1.165) is 5.82 Å². The van der Waals surface area contributed by atoms with Crippen LogP contribution in [0.15, 0.2) is 85.1 Å². The number of fused-ring (bicyclic) bond motifs is 2. The minimum absolute atomic E-state index is 0.0807. The lowest BCUT2D eigenvalue weighted by molar-refractivity contribution is -0.152. The number of hydrogen-bond donors (Lipinski definition) is 1. The third kappa shape index (κ3) is 9.93. The summed E-state index contributed by atoms with van der Waals surface area (Å²) in [6, 6.07) is 18.0. The van der Waals surface area contributed by atoms with Crippen LogP contribution in [0.3, 0.4) is 0 Å². The fraction of sp³-hybridized carbons (Fsp3) is 0.410. The second-order valence-corrected chi connectivity index (χ2v) is 12.6. The number of carbonyl (C=O) groups excluding carboxylic acids is 2. The fourth-order valence-corrected chi connectivity index (χ4v) is 5.64. The Morgan fingerprint density at radius 1 is 1.02 bits per heavy atom. The van der Waals surface area contributed by atoms with E-state index in [-0.39, 0.29) is 24.0 Å². The summed E-state index contributed by atoms with van der Waals surface area (Å²) in [6.07, 6.45) is 7.81. The summed E-state index contributed by atoms with van der Waals surface area (Å²) >= 11 is 0. The molecule has 0 spiro atoms. The lowest BCUT2D eigenvalue weighted by atomic mass is 9.98. The van der Waals surface area contributed by atoms with E-state index in [9.17, 15) is 9.59 Å². The van der Waals surface area contributed by atoms with Crippen molar-refractivity contribution in [1.29, 1.82) is 0 Å². The first kappa shape index (κ1) is 36.6. The molecule has 5 atom stereocenters. The average Bonchev–Trinajstić information content (AvgIpc) is 3.42. The summed E-state index contributed by atoms with van der Waals surface area (Å²) in [5, 5.41) is 3.27. The highest BCUT2D eigenvalue weighted by Gasteiger charge is 2.45. The van der Waals surface area contributed by atoms with E-state index < -0.39 is 42.1 Å². The zero-order valence-corrected chi connectivity index (χ0v) is 29.2. The molecule has 266 valence electrons. The Balaban J connectivity index is 1.43. The first-order valence-electron chi connectivity index (χ1n) is 16.9. The molecule has 0 radical (unpaired) electrons. The molecule has 1 fully saturated rings. The second-order valence-electron chi connectivity index (χ2n) is 12.6. The van der Waals surface area contributed by atoms with Crippen LogP contribution >= 0.6 is 0 Å². The van der Waals surface area contributed by atoms with Gasteiger partial charge in [0.1, 0.15) is 41.2 Å². The molecular formula is C39H46N2O9. The molecule has 2 aliphatic heterocycles. The van der Waals surface area contributed by atoms with E-state index in [0.29, 0.717) is 42.9 Å². The van der Waals surface area contributed by atoms with Crippen molar-refractivity contribution in [2.24, 2.45) is 5.92 Å². The van der Waals surface area contributed by atoms with Gasteiger partial charge in [-0.1, -0.05) is 49.4 Å². The quantitative estimate of drug-likeness (QED) is 0.0987. The summed E-state index contributed by atoms with van der Waals surface area (Å²) in [4.78, 5) is 31.3. The van der Waals surface area contributed by atoms with Crippen LogP contribution in [0.1, 0.15) is 66.8 Å². The molecule has 0 aliphatic carbocycles. The van der Waals surface area contributed by atoms with Gasteiger partial charge in [0.25, 0.3) is 0 Å². The van der Waals surface area contributed by atoms with E-state index >= 15 is 0 Å². The van der Waals surface area contributed by atoms with E-state index in [1.54, 1.807) is 48.7 Å². The van der Waals surface area contributed by atoms with Crippen molar-refractivity contribution < 1.29 is 42.7 Å². The number of aromatic nitrogens is 1. The van der Waals surface area contributed by atoms with Crippen molar-refractivity contribution in [1.82, 2.24) is 4.98 Å². The van der Waals surface area contributed by atoms with Crippen molar-refractivity contribution in [3.8, 4) is 11.5 Å². The number of anilines is 1. The number of nitrogens with zero attached hydrogens (tertiary/aromatic N) is 1. The fourth-order valence-electron chi connectivity index (χ4n) is 5.64. The number of cyclic esters (lactones) is 1. The van der Waals surface area contributed by atoms with Gasteiger partial charge in [-0.05, 0) is 75.6 Å². The topological polar surface area (TPSA) is 124 Å². The van der Waals surface area contributed by atoms with Crippen LogP contribution in [0.4, 0.5) is 5.82 Å². The first-order chi connectivity index (χ1) is 24.1. The number of methoxy groups -OCH3 is 1. The number of nitrogens with one attached hydrogen (secondary N) is 1. The molecule has 2 aromatic carbocycles. The summed E-state index contributed by atoms with van der Waals surface area (Å²) in [6.45, 7) is 8.39. The number of benzene rings is 2. The Labute approximate surface area is 293 Å². The molecule has 3 unspecified atom stereocenters. The minimum atomic E-state index is -0.925. The van der Waals surface area contributed by atoms with Gasteiger partial charge in [-0.15, -0.1) is 0 Å². The molecule has 2 aliphatic rings. The molecule has 1 saturated heterocycles. The van der Waals surface area contributed by atoms with E-state index in [4.69, 9.17) is 33.2 Å². The van der Waals surface area contributed by atoms with Gasteiger partial charge in [-0.3, -0.25) is 0 Å². The van der Waals surface area contributed by atoms with Crippen molar-refractivity contribution >= 4 is 23.8 Å². The molecule has 3 heterocycles. The van der Waals surface area contributed by atoms with Crippen molar-refractivity contribution in [3.05, 3.63) is 102 Å². The number of hydrogen-bond acceptors (Lipinski definition) is 11. The SMILES string of the molecule is COCOc1cc(OCCCNc2ccccn2)cc2c1C(=O)O[C@@H](C)[C@H](C)/C=C\C(OC(=O)c1ccccc1)C1OC(C)(C)OC1C/C=C/2. The molecule has 3 aromatic rings. The molecule has 5 rings (SSSR count).